The molecule has 0 spiro atoms. The van der Waals surface area contributed by atoms with Crippen molar-refractivity contribution >= 4 is 5.91 Å². The van der Waals surface area contributed by atoms with Gasteiger partial charge in [0.15, 0.2) is 11.5 Å². The number of rotatable bonds is 4. The predicted molar refractivity (Wildman–Crippen MR) is 70.5 cm³/mol. The molecule has 100 valence electrons. The second kappa shape index (κ2) is 5.63. The average molecular weight is 260 g/mol. The lowest BCUT2D eigenvalue weighted by Crippen LogP contribution is -2.41. The topological polar surface area (TPSA) is 64.8 Å². The molecule has 1 aliphatic heterocycles. The summed E-state index contributed by atoms with van der Waals surface area (Å²) in [5.74, 6) is 3.65. The third-order valence-electron chi connectivity index (χ3n) is 2.89. The van der Waals surface area contributed by atoms with E-state index in [-0.39, 0.29) is 19.1 Å². The first-order valence-electron chi connectivity index (χ1n) is 5.94. The SMILES string of the molecule is C#CCC(N)C(=O)N(C)Cc1ccc2c(c1)OCO2. The van der Waals surface area contributed by atoms with Gasteiger partial charge in [-0.3, -0.25) is 4.79 Å². The summed E-state index contributed by atoms with van der Waals surface area (Å²) in [5.41, 5.74) is 6.65. The van der Waals surface area contributed by atoms with E-state index in [0.717, 1.165) is 11.3 Å². The van der Waals surface area contributed by atoms with Crippen LogP contribution in [0.1, 0.15) is 12.0 Å². The van der Waals surface area contributed by atoms with E-state index in [1.54, 1.807) is 11.9 Å². The molecule has 5 heteroatoms. The van der Waals surface area contributed by atoms with Crippen molar-refractivity contribution < 1.29 is 14.3 Å². The van der Waals surface area contributed by atoms with Gasteiger partial charge in [0.05, 0.1) is 6.04 Å². The van der Waals surface area contributed by atoms with E-state index < -0.39 is 6.04 Å². The number of likely N-dealkylation sites (N-methyl/N-ethyl adjacent to an activating group) is 1. The van der Waals surface area contributed by atoms with Crippen molar-refractivity contribution in [3.8, 4) is 23.8 Å². The van der Waals surface area contributed by atoms with Crippen molar-refractivity contribution in [1.82, 2.24) is 4.90 Å². The van der Waals surface area contributed by atoms with Crippen molar-refractivity contribution in [2.75, 3.05) is 13.8 Å². The van der Waals surface area contributed by atoms with E-state index in [4.69, 9.17) is 21.6 Å². The van der Waals surface area contributed by atoms with E-state index in [0.29, 0.717) is 12.3 Å². The Morgan fingerprint density at radius 1 is 1.53 bits per heavy atom. The molecule has 1 unspecified atom stereocenters. The van der Waals surface area contributed by atoms with Gasteiger partial charge in [-0.2, -0.15) is 0 Å². The van der Waals surface area contributed by atoms with Crippen molar-refractivity contribution in [2.45, 2.75) is 19.0 Å². The second-order valence-corrected chi connectivity index (χ2v) is 4.40. The third kappa shape index (κ3) is 2.98. The van der Waals surface area contributed by atoms with E-state index in [9.17, 15) is 4.79 Å². The molecule has 1 aliphatic rings. The highest BCUT2D eigenvalue weighted by molar-refractivity contribution is 5.81. The fourth-order valence-electron chi connectivity index (χ4n) is 1.89. The average Bonchev–Trinajstić information content (AvgIpc) is 2.85. The van der Waals surface area contributed by atoms with Crippen LogP contribution in [-0.2, 0) is 11.3 Å². The summed E-state index contributed by atoms with van der Waals surface area (Å²) in [5, 5.41) is 0. The molecule has 0 radical (unpaired) electrons. The quantitative estimate of drug-likeness (QED) is 0.810. The maximum atomic E-state index is 11.9. The predicted octanol–water partition coefficient (Wildman–Crippen LogP) is 0.724. The molecule has 5 nitrogen and oxygen atoms in total. The highest BCUT2D eigenvalue weighted by Crippen LogP contribution is 2.32. The van der Waals surface area contributed by atoms with Crippen LogP contribution in [0.25, 0.3) is 0 Å². The van der Waals surface area contributed by atoms with Crippen molar-refractivity contribution in [3.05, 3.63) is 23.8 Å². The number of ether oxygens (including phenoxy) is 2. The zero-order valence-corrected chi connectivity index (χ0v) is 10.8. The normalized spacial score (nSPS) is 13.7. The summed E-state index contributed by atoms with van der Waals surface area (Å²) in [6, 6.07) is 4.93. The first kappa shape index (κ1) is 13.2. The van der Waals surface area contributed by atoms with E-state index in [1.165, 1.54) is 0 Å². The molecule has 1 aromatic rings. The molecule has 0 fully saturated rings. The molecule has 0 saturated heterocycles. The van der Waals surface area contributed by atoms with Gasteiger partial charge < -0.3 is 20.1 Å². The summed E-state index contributed by atoms with van der Waals surface area (Å²) in [6.07, 6.45) is 5.39. The molecule has 19 heavy (non-hydrogen) atoms. The molecule has 2 rings (SSSR count). The van der Waals surface area contributed by atoms with Gasteiger partial charge in [-0.15, -0.1) is 12.3 Å². The monoisotopic (exact) mass is 260 g/mol. The molecular weight excluding hydrogens is 244 g/mol. The van der Waals surface area contributed by atoms with Gasteiger partial charge in [0.25, 0.3) is 0 Å². The molecule has 1 heterocycles. The van der Waals surface area contributed by atoms with Crippen LogP contribution in [0, 0.1) is 12.3 Å². The van der Waals surface area contributed by atoms with Crippen LogP contribution in [0.2, 0.25) is 0 Å². The summed E-state index contributed by atoms with van der Waals surface area (Å²) < 4.78 is 10.5. The fraction of sp³-hybridized carbons (Fsp3) is 0.357. The molecule has 1 amide bonds. The molecule has 0 aromatic heterocycles. The van der Waals surface area contributed by atoms with Gasteiger partial charge in [0.1, 0.15) is 0 Å². The Balaban J connectivity index is 2.01. The number of carbonyl (C=O) groups excluding carboxylic acids is 1. The number of nitrogens with two attached hydrogens (primary N) is 1. The van der Waals surface area contributed by atoms with Gasteiger partial charge in [-0.05, 0) is 17.7 Å². The van der Waals surface area contributed by atoms with E-state index in [1.807, 2.05) is 18.2 Å². The molecule has 1 aromatic carbocycles. The number of fused-ring (bicyclic) bond motifs is 1. The minimum absolute atomic E-state index is 0.171. The zero-order chi connectivity index (χ0) is 13.8. The molecule has 0 bridgehead atoms. The summed E-state index contributed by atoms with van der Waals surface area (Å²) >= 11 is 0. The number of amides is 1. The van der Waals surface area contributed by atoms with Crippen LogP contribution in [0.3, 0.4) is 0 Å². The summed E-state index contributed by atoms with van der Waals surface area (Å²) in [7, 11) is 1.70. The number of benzene rings is 1. The van der Waals surface area contributed by atoms with Gasteiger partial charge >= 0.3 is 0 Å². The lowest BCUT2D eigenvalue weighted by atomic mass is 10.1. The van der Waals surface area contributed by atoms with Crippen LogP contribution in [0.5, 0.6) is 11.5 Å². The van der Waals surface area contributed by atoms with Crippen LogP contribution in [0.15, 0.2) is 18.2 Å². The molecule has 1 atom stereocenters. The van der Waals surface area contributed by atoms with Crippen LogP contribution in [-0.4, -0.2) is 30.7 Å². The zero-order valence-electron chi connectivity index (χ0n) is 10.8. The number of terminal acetylenes is 1. The Labute approximate surface area is 112 Å². The third-order valence-corrected chi connectivity index (χ3v) is 2.89. The first-order chi connectivity index (χ1) is 9.11. The van der Waals surface area contributed by atoms with Gasteiger partial charge in [-0.25, -0.2) is 0 Å². The van der Waals surface area contributed by atoms with Crippen molar-refractivity contribution in [3.63, 3.8) is 0 Å². The Morgan fingerprint density at radius 2 is 2.26 bits per heavy atom. The minimum Gasteiger partial charge on any atom is -0.454 e. The highest BCUT2D eigenvalue weighted by Gasteiger charge is 2.18. The lowest BCUT2D eigenvalue weighted by Gasteiger charge is -2.20. The molecule has 0 aliphatic carbocycles. The smallest absolute Gasteiger partial charge is 0.240 e. The van der Waals surface area contributed by atoms with E-state index in [2.05, 4.69) is 5.92 Å². The largest absolute Gasteiger partial charge is 0.454 e. The lowest BCUT2D eigenvalue weighted by molar-refractivity contribution is -0.131. The van der Waals surface area contributed by atoms with Crippen LogP contribution < -0.4 is 15.2 Å². The summed E-state index contributed by atoms with van der Waals surface area (Å²) in [6.45, 7) is 0.689. The summed E-state index contributed by atoms with van der Waals surface area (Å²) in [4.78, 5) is 13.5. The van der Waals surface area contributed by atoms with Crippen molar-refractivity contribution in [1.29, 1.82) is 0 Å². The van der Waals surface area contributed by atoms with Gasteiger partial charge in [0, 0.05) is 20.0 Å². The van der Waals surface area contributed by atoms with Gasteiger partial charge in [0.2, 0.25) is 12.7 Å². The number of hydrogen-bond acceptors (Lipinski definition) is 4. The molecular formula is C14H16N2O3. The minimum atomic E-state index is -0.649. The maximum Gasteiger partial charge on any atom is 0.240 e. The Kier molecular flexibility index (Phi) is 3.93. The number of carbonyl (C=O) groups is 1. The molecule has 2 N–H and O–H groups in total. The van der Waals surface area contributed by atoms with E-state index >= 15 is 0 Å². The van der Waals surface area contributed by atoms with Crippen LogP contribution in [0.4, 0.5) is 0 Å². The second-order valence-electron chi connectivity index (χ2n) is 4.40. The maximum absolute atomic E-state index is 11.9. The fourth-order valence-corrected chi connectivity index (χ4v) is 1.89. The number of nitrogens with zero attached hydrogens (tertiary/aromatic N) is 1. The van der Waals surface area contributed by atoms with Crippen LogP contribution >= 0.6 is 0 Å². The Bertz CT molecular complexity index is 522. The Morgan fingerprint density at radius 3 is 3.00 bits per heavy atom. The highest BCUT2D eigenvalue weighted by atomic mass is 16.7. The standard InChI is InChI=1S/C14H16N2O3/c1-3-4-11(15)14(17)16(2)8-10-5-6-12-13(7-10)19-9-18-12/h1,5-7,11H,4,8-9,15H2,2H3. The first-order valence-corrected chi connectivity index (χ1v) is 5.94. The Hall–Kier alpha value is -2.19. The van der Waals surface area contributed by atoms with Crippen molar-refractivity contribution in [2.24, 2.45) is 5.73 Å². The number of hydrogen-bond donors (Lipinski definition) is 1. The van der Waals surface area contributed by atoms with Gasteiger partial charge in [-0.1, -0.05) is 6.07 Å². The molecule has 0 saturated carbocycles.